The van der Waals surface area contributed by atoms with E-state index in [1.54, 1.807) is 48.5 Å². The molecule has 0 fully saturated rings. The van der Waals surface area contributed by atoms with Gasteiger partial charge in [0, 0.05) is 0 Å². The summed E-state index contributed by atoms with van der Waals surface area (Å²) in [7, 11) is 0. The molecule has 1 aromatic heterocycles. The minimum Gasteiger partial charge on any atom is -0.457 e. The van der Waals surface area contributed by atoms with Gasteiger partial charge in [-0.05, 0) is 40.3 Å². The van der Waals surface area contributed by atoms with E-state index in [4.69, 9.17) is 10.00 Å². The number of tetrazole rings is 1. The van der Waals surface area contributed by atoms with E-state index in [1.165, 1.54) is 11.0 Å². The maximum Gasteiger partial charge on any atom is 0.340 e. The molecule has 7 nitrogen and oxygen atoms in total. The van der Waals surface area contributed by atoms with Crippen molar-refractivity contribution < 1.29 is 9.53 Å². The summed E-state index contributed by atoms with van der Waals surface area (Å²) in [4.78, 5) is 12.3. The summed E-state index contributed by atoms with van der Waals surface area (Å²) in [5.41, 5.74) is 2.28. The number of carbonyl (C=O) groups is 1. The van der Waals surface area contributed by atoms with Crippen molar-refractivity contribution in [2.45, 2.75) is 6.61 Å². The largest absolute Gasteiger partial charge is 0.457 e. The van der Waals surface area contributed by atoms with Crippen LogP contribution in [0.5, 0.6) is 0 Å². The lowest BCUT2D eigenvalue weighted by Gasteiger charge is -2.09. The Morgan fingerprint density at radius 2 is 1.96 bits per heavy atom. The third-order valence-corrected chi connectivity index (χ3v) is 3.17. The Kier molecular flexibility index (Phi) is 4.07. The van der Waals surface area contributed by atoms with Crippen molar-refractivity contribution in [3.8, 4) is 11.8 Å². The highest BCUT2D eigenvalue weighted by Crippen LogP contribution is 2.15. The van der Waals surface area contributed by atoms with E-state index in [9.17, 15) is 4.79 Å². The lowest BCUT2D eigenvalue weighted by molar-refractivity contribution is 0.0472. The van der Waals surface area contributed by atoms with E-state index >= 15 is 0 Å². The summed E-state index contributed by atoms with van der Waals surface area (Å²) >= 11 is 0. The Morgan fingerprint density at radius 1 is 1.17 bits per heavy atom. The van der Waals surface area contributed by atoms with Crippen LogP contribution in [0.3, 0.4) is 0 Å². The minimum absolute atomic E-state index is 0.120. The van der Waals surface area contributed by atoms with Crippen LogP contribution in [0.15, 0.2) is 54.9 Å². The molecule has 0 bridgehead atoms. The van der Waals surface area contributed by atoms with Crippen LogP contribution in [0.2, 0.25) is 0 Å². The van der Waals surface area contributed by atoms with Gasteiger partial charge in [0.15, 0.2) is 0 Å². The topological polar surface area (TPSA) is 93.7 Å². The van der Waals surface area contributed by atoms with Gasteiger partial charge in [0.1, 0.15) is 12.9 Å². The third-order valence-electron chi connectivity index (χ3n) is 3.17. The minimum atomic E-state index is -0.472. The molecule has 7 heteroatoms. The number of benzene rings is 2. The van der Waals surface area contributed by atoms with Crippen molar-refractivity contribution in [1.82, 2.24) is 20.2 Å². The summed E-state index contributed by atoms with van der Waals surface area (Å²) in [6, 6.07) is 15.8. The van der Waals surface area contributed by atoms with Crippen molar-refractivity contribution in [3.63, 3.8) is 0 Å². The fraction of sp³-hybridized carbons (Fsp3) is 0.0625. The Bertz CT molecular complexity index is 851. The number of carbonyl (C=O) groups excluding carboxylic acids is 1. The number of aromatic nitrogens is 4. The van der Waals surface area contributed by atoms with Gasteiger partial charge in [0.25, 0.3) is 0 Å². The van der Waals surface area contributed by atoms with Gasteiger partial charge in [0.05, 0.1) is 22.9 Å². The second-order valence-corrected chi connectivity index (χ2v) is 4.66. The highest BCUT2D eigenvalue weighted by Gasteiger charge is 2.14. The number of para-hydroxylation sites is 1. The molecular weight excluding hydrogens is 294 g/mol. The number of hydrogen-bond donors (Lipinski definition) is 0. The van der Waals surface area contributed by atoms with Crippen LogP contribution in [0.1, 0.15) is 21.5 Å². The molecule has 2 aromatic carbocycles. The molecular formula is C16H11N5O2. The molecule has 0 aliphatic carbocycles. The fourth-order valence-electron chi connectivity index (χ4n) is 2.02. The van der Waals surface area contributed by atoms with Gasteiger partial charge >= 0.3 is 5.97 Å². The first-order valence-electron chi connectivity index (χ1n) is 6.76. The van der Waals surface area contributed by atoms with Crippen molar-refractivity contribution >= 4 is 5.97 Å². The molecule has 0 saturated carbocycles. The average molecular weight is 305 g/mol. The van der Waals surface area contributed by atoms with Crippen molar-refractivity contribution in [1.29, 1.82) is 5.26 Å². The summed E-state index contributed by atoms with van der Waals surface area (Å²) in [6.45, 7) is 0.120. The molecule has 3 aromatic rings. The van der Waals surface area contributed by atoms with E-state index in [-0.39, 0.29) is 6.61 Å². The second-order valence-electron chi connectivity index (χ2n) is 4.66. The second kappa shape index (κ2) is 6.49. The lowest BCUT2D eigenvalue weighted by atomic mass is 10.1. The summed E-state index contributed by atoms with van der Waals surface area (Å²) < 4.78 is 6.72. The highest BCUT2D eigenvalue weighted by atomic mass is 16.5. The quantitative estimate of drug-likeness (QED) is 0.683. The molecule has 0 aliphatic rings. The zero-order valence-electron chi connectivity index (χ0n) is 12.0. The van der Waals surface area contributed by atoms with Gasteiger partial charge in [0.2, 0.25) is 0 Å². The molecule has 0 unspecified atom stereocenters. The number of ether oxygens (including phenoxy) is 1. The van der Waals surface area contributed by atoms with Crippen molar-refractivity contribution in [2.24, 2.45) is 0 Å². The standard InChI is InChI=1S/C16H11N5O2/c17-9-12-5-7-13(8-6-12)10-23-16(22)14-3-1-2-4-15(14)21-11-18-19-20-21/h1-8,11H,10H2. The van der Waals surface area contributed by atoms with Crippen molar-refractivity contribution in [3.05, 3.63) is 71.5 Å². The average Bonchev–Trinajstić information content (AvgIpc) is 3.14. The molecule has 0 spiro atoms. The molecule has 0 atom stereocenters. The molecule has 0 radical (unpaired) electrons. The third kappa shape index (κ3) is 3.22. The smallest absolute Gasteiger partial charge is 0.340 e. The van der Waals surface area contributed by atoms with Crippen LogP contribution in [0, 0.1) is 11.3 Å². The Hall–Kier alpha value is -3.53. The Labute approximate surface area is 131 Å². The first-order valence-corrected chi connectivity index (χ1v) is 6.76. The number of nitriles is 1. The molecule has 112 valence electrons. The van der Waals surface area contributed by atoms with E-state index < -0.39 is 5.97 Å². The van der Waals surface area contributed by atoms with Gasteiger partial charge in [-0.3, -0.25) is 0 Å². The molecule has 23 heavy (non-hydrogen) atoms. The van der Waals surface area contributed by atoms with E-state index in [2.05, 4.69) is 15.5 Å². The van der Waals surface area contributed by atoms with E-state index in [0.717, 1.165) is 5.56 Å². The maximum atomic E-state index is 12.3. The van der Waals surface area contributed by atoms with Crippen LogP contribution in [0.4, 0.5) is 0 Å². The van der Waals surface area contributed by atoms with Crippen LogP contribution >= 0.6 is 0 Å². The number of esters is 1. The number of nitrogens with zero attached hydrogens (tertiary/aromatic N) is 5. The fourth-order valence-corrected chi connectivity index (χ4v) is 2.02. The summed E-state index contributed by atoms with van der Waals surface area (Å²) in [5, 5.41) is 19.7. The highest BCUT2D eigenvalue weighted by molar-refractivity contribution is 5.93. The maximum absolute atomic E-state index is 12.3. The predicted molar refractivity (Wildman–Crippen MR) is 79.4 cm³/mol. The molecule has 1 heterocycles. The lowest BCUT2D eigenvalue weighted by Crippen LogP contribution is -2.10. The normalized spacial score (nSPS) is 10.0. The summed E-state index contributed by atoms with van der Waals surface area (Å²) in [5.74, 6) is -0.472. The summed E-state index contributed by atoms with van der Waals surface area (Å²) in [6.07, 6.45) is 1.41. The predicted octanol–water partition coefficient (Wildman–Crippen LogP) is 1.89. The van der Waals surface area contributed by atoms with Gasteiger partial charge < -0.3 is 4.74 Å². The molecule has 0 saturated heterocycles. The zero-order valence-corrected chi connectivity index (χ0v) is 12.0. The Morgan fingerprint density at radius 3 is 2.65 bits per heavy atom. The Balaban J connectivity index is 1.75. The van der Waals surface area contributed by atoms with Gasteiger partial charge in [-0.25, -0.2) is 4.79 Å². The van der Waals surface area contributed by atoms with Crippen LogP contribution in [0.25, 0.3) is 5.69 Å². The van der Waals surface area contributed by atoms with Gasteiger partial charge in [-0.1, -0.05) is 24.3 Å². The zero-order chi connectivity index (χ0) is 16.1. The van der Waals surface area contributed by atoms with Gasteiger partial charge in [-0.15, -0.1) is 5.10 Å². The molecule has 0 aliphatic heterocycles. The SMILES string of the molecule is N#Cc1ccc(COC(=O)c2ccccc2-n2cnnn2)cc1. The number of rotatable bonds is 4. The van der Waals surface area contributed by atoms with Crippen LogP contribution in [-0.4, -0.2) is 26.2 Å². The van der Waals surface area contributed by atoms with E-state index in [1.807, 2.05) is 6.07 Å². The van der Waals surface area contributed by atoms with Crippen LogP contribution in [-0.2, 0) is 11.3 Å². The van der Waals surface area contributed by atoms with Gasteiger partial charge in [-0.2, -0.15) is 9.94 Å². The monoisotopic (exact) mass is 305 g/mol. The first-order chi connectivity index (χ1) is 11.3. The van der Waals surface area contributed by atoms with Crippen LogP contribution < -0.4 is 0 Å². The van der Waals surface area contributed by atoms with Crippen molar-refractivity contribution in [2.75, 3.05) is 0 Å². The molecule has 0 N–H and O–H groups in total. The first kappa shape index (κ1) is 14.4. The van der Waals surface area contributed by atoms with E-state index in [0.29, 0.717) is 16.8 Å². The molecule has 0 amide bonds. The molecule has 3 rings (SSSR count). The number of hydrogen-bond acceptors (Lipinski definition) is 6.